The molecule has 3 aromatic rings. The molecule has 1 heterocycles. The van der Waals surface area contributed by atoms with Crippen LogP contribution in [0.1, 0.15) is 17.3 Å². The molecule has 2 N–H and O–H groups in total. The maximum absolute atomic E-state index is 11.3. The summed E-state index contributed by atoms with van der Waals surface area (Å²) in [5.74, 6) is 0.773. The highest BCUT2D eigenvalue weighted by atomic mass is 35.5. The first-order chi connectivity index (χ1) is 12.0. The third-order valence-electron chi connectivity index (χ3n) is 3.30. The molecule has 0 aliphatic carbocycles. The number of aromatic nitrogens is 3. The second kappa shape index (κ2) is 7.46. The summed E-state index contributed by atoms with van der Waals surface area (Å²) >= 11 is 12.1. The van der Waals surface area contributed by atoms with Crippen LogP contribution in [0.15, 0.2) is 48.7 Å². The van der Waals surface area contributed by atoms with E-state index in [-0.39, 0.29) is 5.78 Å². The van der Waals surface area contributed by atoms with Gasteiger partial charge in [-0.25, -0.2) is 0 Å². The van der Waals surface area contributed by atoms with Gasteiger partial charge in [-0.2, -0.15) is 10.1 Å². The summed E-state index contributed by atoms with van der Waals surface area (Å²) in [5, 5.41) is 15.0. The smallest absolute Gasteiger partial charge is 0.249 e. The maximum Gasteiger partial charge on any atom is 0.249 e. The molecule has 8 heteroatoms. The van der Waals surface area contributed by atoms with Crippen molar-refractivity contribution in [3.8, 4) is 0 Å². The quantitative estimate of drug-likeness (QED) is 0.621. The predicted octanol–water partition coefficient (Wildman–Crippen LogP) is 4.87. The Bertz CT molecular complexity index is 915. The van der Waals surface area contributed by atoms with Gasteiger partial charge < -0.3 is 10.6 Å². The highest BCUT2D eigenvalue weighted by Gasteiger charge is 2.06. The Morgan fingerprint density at radius 3 is 2.52 bits per heavy atom. The molecule has 25 heavy (non-hydrogen) atoms. The Kier molecular flexibility index (Phi) is 5.11. The van der Waals surface area contributed by atoms with Crippen LogP contribution in [0.5, 0.6) is 0 Å². The third kappa shape index (κ3) is 4.43. The monoisotopic (exact) mass is 373 g/mol. The Balaban J connectivity index is 1.77. The van der Waals surface area contributed by atoms with Crippen molar-refractivity contribution in [1.29, 1.82) is 0 Å². The molecule has 126 valence electrons. The highest BCUT2D eigenvalue weighted by molar-refractivity contribution is 6.35. The van der Waals surface area contributed by atoms with Crippen molar-refractivity contribution in [1.82, 2.24) is 15.2 Å². The number of benzene rings is 2. The zero-order chi connectivity index (χ0) is 17.8. The number of rotatable bonds is 5. The lowest BCUT2D eigenvalue weighted by Crippen LogP contribution is -2.03. The van der Waals surface area contributed by atoms with Gasteiger partial charge in [0.05, 0.1) is 16.9 Å². The number of hydrogen-bond donors (Lipinski definition) is 2. The van der Waals surface area contributed by atoms with E-state index >= 15 is 0 Å². The molecule has 0 bridgehead atoms. The highest BCUT2D eigenvalue weighted by Crippen LogP contribution is 2.27. The van der Waals surface area contributed by atoms with Crippen LogP contribution in [0.4, 0.5) is 23.1 Å². The van der Waals surface area contributed by atoms with E-state index in [4.69, 9.17) is 23.2 Å². The van der Waals surface area contributed by atoms with E-state index < -0.39 is 0 Å². The van der Waals surface area contributed by atoms with Crippen molar-refractivity contribution < 1.29 is 4.79 Å². The van der Waals surface area contributed by atoms with Gasteiger partial charge >= 0.3 is 0 Å². The molecule has 0 unspecified atom stereocenters. The molecule has 0 spiro atoms. The van der Waals surface area contributed by atoms with E-state index in [9.17, 15) is 4.79 Å². The van der Waals surface area contributed by atoms with Crippen LogP contribution in [0.25, 0.3) is 0 Å². The molecule has 0 radical (unpaired) electrons. The van der Waals surface area contributed by atoms with Crippen LogP contribution in [0.3, 0.4) is 0 Å². The van der Waals surface area contributed by atoms with Gasteiger partial charge in [0.1, 0.15) is 0 Å². The Labute approximate surface area is 154 Å². The van der Waals surface area contributed by atoms with E-state index in [1.54, 1.807) is 42.5 Å². The zero-order valence-electron chi connectivity index (χ0n) is 13.1. The van der Waals surface area contributed by atoms with Gasteiger partial charge in [-0.15, -0.1) is 5.10 Å². The molecule has 0 fully saturated rings. The van der Waals surface area contributed by atoms with Crippen LogP contribution in [-0.4, -0.2) is 21.0 Å². The Morgan fingerprint density at radius 2 is 1.80 bits per heavy atom. The fourth-order valence-corrected chi connectivity index (χ4v) is 2.40. The first-order valence-electron chi connectivity index (χ1n) is 7.31. The number of carbonyl (C=O) groups is 1. The minimum atomic E-state index is 0.00839. The van der Waals surface area contributed by atoms with Crippen molar-refractivity contribution in [2.24, 2.45) is 0 Å². The van der Waals surface area contributed by atoms with Crippen LogP contribution >= 0.6 is 23.2 Å². The molecule has 0 amide bonds. The molecule has 0 atom stereocenters. The average molecular weight is 374 g/mol. The summed E-state index contributed by atoms with van der Waals surface area (Å²) in [6.45, 7) is 1.52. The summed E-state index contributed by atoms with van der Waals surface area (Å²) < 4.78 is 0. The third-order valence-corrected chi connectivity index (χ3v) is 3.86. The number of nitrogens with zero attached hydrogens (tertiary/aromatic N) is 3. The fraction of sp³-hybridized carbons (Fsp3) is 0.0588. The largest absolute Gasteiger partial charge is 0.338 e. The van der Waals surface area contributed by atoms with Gasteiger partial charge in [-0.05, 0) is 49.4 Å². The molecule has 0 aliphatic rings. The van der Waals surface area contributed by atoms with Crippen molar-refractivity contribution in [3.05, 3.63) is 64.3 Å². The molecular formula is C17H13Cl2N5O. The van der Waals surface area contributed by atoms with Crippen LogP contribution in [0.2, 0.25) is 10.0 Å². The first-order valence-corrected chi connectivity index (χ1v) is 8.07. The van der Waals surface area contributed by atoms with Crippen molar-refractivity contribution in [2.75, 3.05) is 10.6 Å². The molecule has 0 saturated heterocycles. The van der Waals surface area contributed by atoms with Crippen molar-refractivity contribution in [2.45, 2.75) is 6.92 Å². The zero-order valence-corrected chi connectivity index (χ0v) is 14.6. The Hall–Kier alpha value is -2.70. The number of Topliss-reactive ketones (excluding diaryl/α,β-unsaturated/α-hetero) is 1. The number of carbonyl (C=O) groups excluding carboxylic acids is 1. The van der Waals surface area contributed by atoms with Crippen molar-refractivity contribution in [3.63, 3.8) is 0 Å². The van der Waals surface area contributed by atoms with Gasteiger partial charge in [-0.1, -0.05) is 23.2 Å². The molecule has 6 nitrogen and oxygen atoms in total. The minimum Gasteiger partial charge on any atom is -0.338 e. The van der Waals surface area contributed by atoms with E-state index in [1.165, 1.54) is 13.1 Å². The van der Waals surface area contributed by atoms with E-state index in [0.717, 1.165) is 5.69 Å². The molecule has 0 saturated carbocycles. The average Bonchev–Trinajstić information content (AvgIpc) is 2.59. The van der Waals surface area contributed by atoms with Crippen LogP contribution < -0.4 is 10.6 Å². The second-order valence-electron chi connectivity index (χ2n) is 5.17. The summed E-state index contributed by atoms with van der Waals surface area (Å²) in [6, 6.07) is 12.1. The topological polar surface area (TPSA) is 79.8 Å². The molecule has 1 aromatic heterocycles. The molecular weight excluding hydrogens is 361 g/mol. The predicted molar refractivity (Wildman–Crippen MR) is 99.3 cm³/mol. The summed E-state index contributed by atoms with van der Waals surface area (Å²) in [7, 11) is 0. The van der Waals surface area contributed by atoms with Gasteiger partial charge in [0.2, 0.25) is 5.95 Å². The van der Waals surface area contributed by atoms with Crippen LogP contribution in [0, 0.1) is 0 Å². The maximum atomic E-state index is 11.3. The number of halogens is 2. The number of anilines is 4. The van der Waals surface area contributed by atoms with Crippen LogP contribution in [-0.2, 0) is 0 Å². The van der Waals surface area contributed by atoms with E-state index in [0.29, 0.717) is 33.1 Å². The molecule has 3 rings (SSSR count). The lowest BCUT2D eigenvalue weighted by atomic mass is 10.1. The van der Waals surface area contributed by atoms with Crippen molar-refractivity contribution >= 4 is 52.1 Å². The normalized spacial score (nSPS) is 10.4. The summed E-state index contributed by atoms with van der Waals surface area (Å²) in [4.78, 5) is 15.6. The van der Waals surface area contributed by atoms with E-state index in [2.05, 4.69) is 25.8 Å². The van der Waals surface area contributed by atoms with Gasteiger partial charge in [0.25, 0.3) is 0 Å². The Morgan fingerprint density at radius 1 is 1.04 bits per heavy atom. The fourth-order valence-electron chi connectivity index (χ4n) is 2.07. The lowest BCUT2D eigenvalue weighted by molar-refractivity contribution is 0.101. The molecule has 0 aliphatic heterocycles. The van der Waals surface area contributed by atoms with Gasteiger partial charge in [0, 0.05) is 16.3 Å². The van der Waals surface area contributed by atoms with Gasteiger partial charge in [-0.3, -0.25) is 4.79 Å². The standard InChI is InChI=1S/C17H13Cl2N5O/c1-10(25)11-2-5-13(6-3-11)21-17-23-16(9-20-24-17)22-15-8-12(18)4-7-14(15)19/h2-9H,1H3,(H2,21,22,23,24). The van der Waals surface area contributed by atoms with E-state index in [1.807, 2.05) is 0 Å². The number of nitrogens with one attached hydrogen (secondary N) is 2. The van der Waals surface area contributed by atoms with Gasteiger partial charge in [0.15, 0.2) is 11.6 Å². The molecule has 2 aromatic carbocycles. The first kappa shape index (κ1) is 17.1. The second-order valence-corrected chi connectivity index (χ2v) is 6.02. The lowest BCUT2D eigenvalue weighted by Gasteiger charge is -2.09. The minimum absolute atomic E-state index is 0.00839. The number of ketones is 1. The summed E-state index contributed by atoms with van der Waals surface area (Å²) in [5.41, 5.74) is 1.99. The number of hydrogen-bond acceptors (Lipinski definition) is 6. The SMILES string of the molecule is CC(=O)c1ccc(Nc2nncc(Nc3cc(Cl)ccc3Cl)n2)cc1. The summed E-state index contributed by atoms with van der Waals surface area (Å²) in [6.07, 6.45) is 1.47.